The van der Waals surface area contributed by atoms with Gasteiger partial charge in [-0.05, 0) is 31.2 Å². The van der Waals surface area contributed by atoms with Crippen molar-refractivity contribution in [2.75, 3.05) is 31.5 Å². The Morgan fingerprint density at radius 3 is 2.38 bits per heavy atom. The predicted octanol–water partition coefficient (Wildman–Crippen LogP) is 1.65. The summed E-state index contributed by atoms with van der Waals surface area (Å²) in [5, 5.41) is 2.76. The van der Waals surface area contributed by atoms with E-state index in [4.69, 9.17) is 18.0 Å². The zero-order valence-corrected chi connectivity index (χ0v) is 12.7. The molecule has 5 nitrogen and oxygen atoms in total. The van der Waals surface area contributed by atoms with Crippen molar-refractivity contribution >= 4 is 28.9 Å². The van der Waals surface area contributed by atoms with Gasteiger partial charge in [0, 0.05) is 31.9 Å². The van der Waals surface area contributed by atoms with E-state index < -0.39 is 0 Å². The van der Waals surface area contributed by atoms with Crippen molar-refractivity contribution in [3.05, 3.63) is 30.1 Å². The van der Waals surface area contributed by atoms with Gasteiger partial charge in [0.2, 0.25) is 0 Å². The summed E-state index contributed by atoms with van der Waals surface area (Å²) in [4.78, 5) is 16.5. The zero-order chi connectivity index (χ0) is 15.4. The highest BCUT2D eigenvalue weighted by atomic mass is 32.1. The van der Waals surface area contributed by atoms with Crippen LogP contribution in [0.2, 0.25) is 0 Å². The van der Waals surface area contributed by atoms with E-state index in [2.05, 4.69) is 10.2 Å². The van der Waals surface area contributed by atoms with Crippen LogP contribution in [-0.2, 0) is 0 Å². The van der Waals surface area contributed by atoms with E-state index in [1.807, 2.05) is 6.92 Å². The van der Waals surface area contributed by atoms with Crippen molar-refractivity contribution in [2.24, 2.45) is 5.73 Å². The van der Waals surface area contributed by atoms with Gasteiger partial charge in [0.05, 0.1) is 11.0 Å². The maximum Gasteiger partial charge on any atom is 0.321 e. The lowest BCUT2D eigenvalue weighted by molar-refractivity contribution is 0.139. The molecule has 1 saturated heterocycles. The number of halogens is 1. The number of thiocarbonyl (C=S) groups is 1. The Kier molecular flexibility index (Phi) is 5.08. The average molecular weight is 310 g/mol. The van der Waals surface area contributed by atoms with Crippen LogP contribution >= 0.6 is 12.2 Å². The van der Waals surface area contributed by atoms with E-state index in [1.165, 1.54) is 12.1 Å². The maximum absolute atomic E-state index is 12.8. The molecule has 0 radical (unpaired) electrons. The van der Waals surface area contributed by atoms with Crippen molar-refractivity contribution in [1.82, 2.24) is 9.80 Å². The van der Waals surface area contributed by atoms with Gasteiger partial charge in [0.1, 0.15) is 5.82 Å². The molecule has 0 aliphatic carbocycles. The third-order valence-corrected chi connectivity index (χ3v) is 4.00. The van der Waals surface area contributed by atoms with Gasteiger partial charge < -0.3 is 16.0 Å². The second kappa shape index (κ2) is 6.82. The zero-order valence-electron chi connectivity index (χ0n) is 11.9. The van der Waals surface area contributed by atoms with Gasteiger partial charge in [0.15, 0.2) is 0 Å². The molecule has 2 rings (SSSR count). The number of hydrogen-bond donors (Lipinski definition) is 2. The molecule has 1 unspecified atom stereocenters. The molecule has 1 aliphatic rings. The van der Waals surface area contributed by atoms with Crippen LogP contribution in [0.1, 0.15) is 6.92 Å². The van der Waals surface area contributed by atoms with Crippen molar-refractivity contribution in [3.8, 4) is 0 Å². The van der Waals surface area contributed by atoms with Gasteiger partial charge in [-0.2, -0.15) is 0 Å². The van der Waals surface area contributed by atoms with Crippen molar-refractivity contribution in [1.29, 1.82) is 0 Å². The van der Waals surface area contributed by atoms with Gasteiger partial charge in [-0.15, -0.1) is 0 Å². The summed E-state index contributed by atoms with van der Waals surface area (Å²) >= 11 is 4.99. The van der Waals surface area contributed by atoms with Crippen LogP contribution in [0.15, 0.2) is 24.3 Å². The topological polar surface area (TPSA) is 61.6 Å². The highest BCUT2D eigenvalue weighted by Gasteiger charge is 2.25. The fraction of sp³-hybridized carbons (Fsp3) is 0.429. The van der Waals surface area contributed by atoms with E-state index in [0.717, 1.165) is 13.1 Å². The summed E-state index contributed by atoms with van der Waals surface area (Å²) in [5.74, 6) is -0.326. The molecule has 1 atom stereocenters. The van der Waals surface area contributed by atoms with Crippen LogP contribution in [0.25, 0.3) is 0 Å². The Hall–Kier alpha value is -1.73. The summed E-state index contributed by atoms with van der Waals surface area (Å²) in [5.41, 5.74) is 6.23. The van der Waals surface area contributed by atoms with Crippen LogP contribution in [0.3, 0.4) is 0 Å². The molecule has 114 valence electrons. The molecular weight excluding hydrogens is 291 g/mol. The van der Waals surface area contributed by atoms with Crippen molar-refractivity contribution < 1.29 is 9.18 Å². The Balaban J connectivity index is 1.85. The molecule has 1 fully saturated rings. The lowest BCUT2D eigenvalue weighted by atomic mass is 10.2. The maximum atomic E-state index is 12.8. The highest BCUT2D eigenvalue weighted by molar-refractivity contribution is 7.80. The number of nitrogens with zero attached hydrogens (tertiary/aromatic N) is 2. The van der Waals surface area contributed by atoms with E-state index in [-0.39, 0.29) is 17.9 Å². The Morgan fingerprint density at radius 1 is 1.29 bits per heavy atom. The molecule has 1 aliphatic heterocycles. The number of amides is 2. The highest BCUT2D eigenvalue weighted by Crippen LogP contribution is 2.11. The fourth-order valence-electron chi connectivity index (χ4n) is 2.23. The van der Waals surface area contributed by atoms with E-state index in [1.54, 1.807) is 17.0 Å². The SMILES string of the molecule is CC(C(N)=S)N1CCN(C(=O)Nc2ccc(F)cc2)CC1. The molecule has 0 spiro atoms. The minimum Gasteiger partial charge on any atom is -0.392 e. The number of hydrogen-bond acceptors (Lipinski definition) is 3. The number of benzene rings is 1. The van der Waals surface area contributed by atoms with E-state index in [9.17, 15) is 9.18 Å². The van der Waals surface area contributed by atoms with Gasteiger partial charge in [0.25, 0.3) is 0 Å². The quantitative estimate of drug-likeness (QED) is 0.834. The molecule has 7 heteroatoms. The summed E-state index contributed by atoms with van der Waals surface area (Å²) in [6.07, 6.45) is 0. The van der Waals surface area contributed by atoms with Gasteiger partial charge in [-0.25, -0.2) is 9.18 Å². The molecule has 1 aromatic carbocycles. The third-order valence-electron chi connectivity index (χ3n) is 3.66. The van der Waals surface area contributed by atoms with Gasteiger partial charge in [-0.1, -0.05) is 12.2 Å². The summed E-state index contributed by atoms with van der Waals surface area (Å²) in [7, 11) is 0. The van der Waals surface area contributed by atoms with Crippen molar-refractivity contribution in [3.63, 3.8) is 0 Å². The molecule has 0 aromatic heterocycles. The smallest absolute Gasteiger partial charge is 0.321 e. The number of nitrogens with two attached hydrogens (primary N) is 1. The normalized spacial score (nSPS) is 17.3. The molecule has 2 amide bonds. The first-order valence-electron chi connectivity index (χ1n) is 6.82. The lowest BCUT2D eigenvalue weighted by Gasteiger charge is -2.37. The first kappa shape index (κ1) is 15.7. The number of anilines is 1. The second-order valence-corrected chi connectivity index (χ2v) is 5.51. The first-order chi connectivity index (χ1) is 9.97. The number of carbonyl (C=O) groups excluding carboxylic acids is 1. The van der Waals surface area contributed by atoms with Gasteiger partial charge >= 0.3 is 6.03 Å². The fourth-order valence-corrected chi connectivity index (χ4v) is 2.38. The summed E-state index contributed by atoms with van der Waals surface area (Å²) in [6, 6.07) is 5.58. The molecule has 1 aromatic rings. The van der Waals surface area contributed by atoms with E-state index in [0.29, 0.717) is 23.8 Å². The Bertz CT molecular complexity index is 514. The number of carbonyl (C=O) groups is 1. The molecule has 0 bridgehead atoms. The van der Waals surface area contributed by atoms with Crippen LogP contribution in [0.4, 0.5) is 14.9 Å². The lowest BCUT2D eigenvalue weighted by Crippen LogP contribution is -2.54. The molecule has 21 heavy (non-hydrogen) atoms. The van der Waals surface area contributed by atoms with Crippen LogP contribution in [0.5, 0.6) is 0 Å². The second-order valence-electron chi connectivity index (χ2n) is 5.04. The summed E-state index contributed by atoms with van der Waals surface area (Å²) < 4.78 is 12.8. The molecule has 0 saturated carbocycles. The van der Waals surface area contributed by atoms with Crippen LogP contribution in [-0.4, -0.2) is 53.0 Å². The van der Waals surface area contributed by atoms with Gasteiger partial charge in [-0.3, -0.25) is 4.90 Å². The number of piperazine rings is 1. The summed E-state index contributed by atoms with van der Waals surface area (Å²) in [6.45, 7) is 4.65. The monoisotopic (exact) mass is 310 g/mol. The minimum absolute atomic E-state index is 0.0438. The first-order valence-corrected chi connectivity index (χ1v) is 7.23. The minimum atomic E-state index is -0.326. The molecule has 3 N–H and O–H groups in total. The van der Waals surface area contributed by atoms with Crippen LogP contribution in [0, 0.1) is 5.82 Å². The predicted molar refractivity (Wildman–Crippen MR) is 84.8 cm³/mol. The molecular formula is C14H19FN4OS. The number of rotatable bonds is 3. The molecule has 1 heterocycles. The average Bonchev–Trinajstić information content (AvgIpc) is 2.49. The Morgan fingerprint density at radius 2 is 1.86 bits per heavy atom. The van der Waals surface area contributed by atoms with Crippen LogP contribution < -0.4 is 11.1 Å². The standard InChI is InChI=1S/C14H19FN4OS/c1-10(13(16)21)18-6-8-19(9-7-18)14(20)17-12-4-2-11(15)3-5-12/h2-5,10H,6-9H2,1H3,(H2,16,21)(H,17,20). The van der Waals surface area contributed by atoms with Crippen molar-refractivity contribution in [2.45, 2.75) is 13.0 Å². The number of nitrogens with one attached hydrogen (secondary N) is 1. The largest absolute Gasteiger partial charge is 0.392 e. The Labute approximate surface area is 128 Å². The number of urea groups is 1. The van der Waals surface area contributed by atoms with E-state index >= 15 is 0 Å². The third kappa shape index (κ3) is 4.12.